The van der Waals surface area contributed by atoms with Crippen molar-refractivity contribution < 1.29 is 14.0 Å². The molecule has 0 aliphatic heterocycles. The van der Waals surface area contributed by atoms with Gasteiger partial charge in [0.05, 0.1) is 12.7 Å². The van der Waals surface area contributed by atoms with Gasteiger partial charge in [0.1, 0.15) is 0 Å². The largest absolute Gasteiger partial charge is 0.436 e. The Hall–Kier alpha value is -3.56. The molecule has 10 nitrogen and oxygen atoms in total. The summed E-state index contributed by atoms with van der Waals surface area (Å²) in [6.45, 7) is 1.42. The molecule has 0 radical (unpaired) electrons. The van der Waals surface area contributed by atoms with Crippen LogP contribution in [0.4, 0.5) is 5.69 Å². The number of carbonyl (C=O) groups is 2. The molecule has 0 fully saturated rings. The highest BCUT2D eigenvalue weighted by molar-refractivity contribution is 5.98. The van der Waals surface area contributed by atoms with Crippen molar-refractivity contribution in [1.29, 1.82) is 0 Å². The SMILES string of the molecule is Cc1ncc(C(=O)NCC(=O)Nc2cccc(-c3nn[nH]n3)c2)o1. The molecule has 1 aromatic carbocycles. The number of aromatic nitrogens is 5. The van der Waals surface area contributed by atoms with E-state index in [1.807, 2.05) is 0 Å². The number of nitrogens with one attached hydrogen (secondary N) is 3. The number of hydrogen-bond acceptors (Lipinski definition) is 7. The summed E-state index contributed by atoms with van der Waals surface area (Å²) >= 11 is 0. The molecular formula is C14H13N7O3. The van der Waals surface area contributed by atoms with Crippen LogP contribution in [0.1, 0.15) is 16.4 Å². The zero-order valence-electron chi connectivity index (χ0n) is 12.6. The van der Waals surface area contributed by atoms with E-state index >= 15 is 0 Å². The Kier molecular flexibility index (Phi) is 4.27. The van der Waals surface area contributed by atoms with Crippen LogP contribution in [0.5, 0.6) is 0 Å². The lowest BCUT2D eigenvalue weighted by molar-refractivity contribution is -0.115. The Labute approximate surface area is 135 Å². The summed E-state index contributed by atoms with van der Waals surface area (Å²) in [6, 6.07) is 6.94. The molecule has 3 aromatic rings. The summed E-state index contributed by atoms with van der Waals surface area (Å²) in [6.07, 6.45) is 1.30. The Morgan fingerprint density at radius 1 is 1.33 bits per heavy atom. The molecule has 0 spiro atoms. The van der Waals surface area contributed by atoms with E-state index in [0.717, 1.165) is 0 Å². The molecule has 0 saturated carbocycles. The van der Waals surface area contributed by atoms with E-state index in [1.54, 1.807) is 31.2 Å². The maximum absolute atomic E-state index is 11.9. The smallest absolute Gasteiger partial charge is 0.289 e. The average molecular weight is 327 g/mol. The van der Waals surface area contributed by atoms with Gasteiger partial charge in [-0.2, -0.15) is 5.21 Å². The number of nitrogens with zero attached hydrogens (tertiary/aromatic N) is 4. The molecule has 122 valence electrons. The summed E-state index contributed by atoms with van der Waals surface area (Å²) in [5.74, 6) is -0.0430. The van der Waals surface area contributed by atoms with Gasteiger partial charge in [-0.15, -0.1) is 10.2 Å². The van der Waals surface area contributed by atoms with Gasteiger partial charge in [0.15, 0.2) is 5.89 Å². The van der Waals surface area contributed by atoms with Crippen molar-refractivity contribution in [2.45, 2.75) is 6.92 Å². The number of aryl methyl sites for hydroxylation is 1. The third-order valence-electron chi connectivity index (χ3n) is 3.00. The van der Waals surface area contributed by atoms with Crippen LogP contribution in [-0.4, -0.2) is 44.0 Å². The molecule has 3 N–H and O–H groups in total. The molecular weight excluding hydrogens is 314 g/mol. The summed E-state index contributed by atoms with van der Waals surface area (Å²) in [4.78, 5) is 27.5. The highest BCUT2D eigenvalue weighted by Crippen LogP contribution is 2.18. The first-order valence-corrected chi connectivity index (χ1v) is 6.96. The number of rotatable bonds is 5. The monoisotopic (exact) mass is 327 g/mol. The van der Waals surface area contributed by atoms with Crippen molar-refractivity contribution in [3.8, 4) is 11.4 Å². The van der Waals surface area contributed by atoms with Gasteiger partial charge in [0, 0.05) is 18.2 Å². The van der Waals surface area contributed by atoms with Gasteiger partial charge in [0.2, 0.25) is 17.5 Å². The van der Waals surface area contributed by atoms with Crippen molar-refractivity contribution in [2.75, 3.05) is 11.9 Å². The zero-order chi connectivity index (χ0) is 16.9. The summed E-state index contributed by atoms with van der Waals surface area (Å²) in [7, 11) is 0. The predicted octanol–water partition coefficient (Wildman–Crippen LogP) is 0.532. The Balaban J connectivity index is 1.57. The van der Waals surface area contributed by atoms with Crippen LogP contribution in [0.3, 0.4) is 0 Å². The molecule has 0 atom stereocenters. The first-order valence-electron chi connectivity index (χ1n) is 6.96. The molecule has 0 saturated heterocycles. The van der Waals surface area contributed by atoms with E-state index < -0.39 is 5.91 Å². The molecule has 24 heavy (non-hydrogen) atoms. The second kappa shape index (κ2) is 6.69. The molecule has 2 heterocycles. The van der Waals surface area contributed by atoms with Crippen molar-refractivity contribution in [2.24, 2.45) is 0 Å². The van der Waals surface area contributed by atoms with Crippen LogP contribution in [0, 0.1) is 6.92 Å². The summed E-state index contributed by atoms with van der Waals surface area (Å²) in [5, 5.41) is 18.7. The lowest BCUT2D eigenvalue weighted by atomic mass is 10.2. The van der Waals surface area contributed by atoms with Crippen LogP contribution in [-0.2, 0) is 4.79 Å². The Morgan fingerprint density at radius 3 is 2.92 bits per heavy atom. The molecule has 0 bridgehead atoms. The van der Waals surface area contributed by atoms with Gasteiger partial charge in [-0.25, -0.2) is 4.98 Å². The first kappa shape index (κ1) is 15.3. The van der Waals surface area contributed by atoms with Gasteiger partial charge in [-0.05, 0) is 17.3 Å². The zero-order valence-corrected chi connectivity index (χ0v) is 12.6. The topological polar surface area (TPSA) is 139 Å². The molecule has 2 amide bonds. The highest BCUT2D eigenvalue weighted by atomic mass is 16.4. The Morgan fingerprint density at radius 2 is 2.21 bits per heavy atom. The number of H-pyrrole nitrogens is 1. The molecule has 3 rings (SSSR count). The number of amides is 2. The first-order chi connectivity index (χ1) is 11.6. The quantitative estimate of drug-likeness (QED) is 0.621. The summed E-state index contributed by atoms with van der Waals surface area (Å²) < 4.78 is 5.08. The number of anilines is 1. The fourth-order valence-corrected chi connectivity index (χ4v) is 1.94. The van der Waals surface area contributed by atoms with E-state index in [2.05, 4.69) is 36.2 Å². The fourth-order valence-electron chi connectivity index (χ4n) is 1.94. The van der Waals surface area contributed by atoms with Crippen LogP contribution < -0.4 is 10.6 Å². The standard InChI is InChI=1S/C14H13N7O3/c1-8-15-6-11(24-8)14(23)16-7-12(22)17-10-4-2-3-9(5-10)13-18-20-21-19-13/h2-6H,7H2,1H3,(H,16,23)(H,17,22)(H,18,19,20,21). The minimum Gasteiger partial charge on any atom is -0.436 e. The van der Waals surface area contributed by atoms with E-state index in [0.29, 0.717) is 23.0 Å². The molecule has 10 heteroatoms. The minimum absolute atomic E-state index is 0.0550. The van der Waals surface area contributed by atoms with E-state index in [-0.39, 0.29) is 18.2 Å². The van der Waals surface area contributed by atoms with Crippen molar-refractivity contribution in [3.05, 3.63) is 42.1 Å². The van der Waals surface area contributed by atoms with E-state index in [1.165, 1.54) is 6.20 Å². The molecule has 0 aliphatic carbocycles. The van der Waals surface area contributed by atoms with Crippen molar-refractivity contribution in [3.63, 3.8) is 0 Å². The van der Waals surface area contributed by atoms with E-state index in [4.69, 9.17) is 4.42 Å². The van der Waals surface area contributed by atoms with E-state index in [9.17, 15) is 9.59 Å². The minimum atomic E-state index is -0.508. The summed E-state index contributed by atoms with van der Waals surface area (Å²) in [5.41, 5.74) is 1.25. The van der Waals surface area contributed by atoms with Crippen LogP contribution in [0.2, 0.25) is 0 Å². The fraction of sp³-hybridized carbons (Fsp3) is 0.143. The second-order valence-electron chi connectivity index (χ2n) is 4.79. The van der Waals surface area contributed by atoms with Gasteiger partial charge in [-0.3, -0.25) is 9.59 Å². The van der Waals surface area contributed by atoms with Crippen molar-refractivity contribution >= 4 is 17.5 Å². The molecule has 2 aromatic heterocycles. The molecule has 0 unspecified atom stereocenters. The van der Waals surface area contributed by atoms with Crippen LogP contribution >= 0.6 is 0 Å². The normalized spacial score (nSPS) is 10.4. The van der Waals surface area contributed by atoms with Crippen LogP contribution in [0.25, 0.3) is 11.4 Å². The third-order valence-corrected chi connectivity index (χ3v) is 3.00. The van der Waals surface area contributed by atoms with Gasteiger partial charge < -0.3 is 15.1 Å². The lowest BCUT2D eigenvalue weighted by Crippen LogP contribution is -2.32. The predicted molar refractivity (Wildman–Crippen MR) is 81.8 cm³/mol. The lowest BCUT2D eigenvalue weighted by Gasteiger charge is -2.06. The maximum atomic E-state index is 11.9. The maximum Gasteiger partial charge on any atom is 0.289 e. The number of carbonyl (C=O) groups excluding carboxylic acids is 2. The van der Waals surface area contributed by atoms with Gasteiger partial charge in [-0.1, -0.05) is 12.1 Å². The van der Waals surface area contributed by atoms with Crippen molar-refractivity contribution in [1.82, 2.24) is 30.9 Å². The Bertz CT molecular complexity index is 857. The highest BCUT2D eigenvalue weighted by Gasteiger charge is 2.12. The number of oxazole rings is 1. The van der Waals surface area contributed by atoms with Crippen LogP contribution in [0.15, 0.2) is 34.9 Å². The second-order valence-corrected chi connectivity index (χ2v) is 4.79. The van der Waals surface area contributed by atoms with Gasteiger partial charge >= 0.3 is 0 Å². The third kappa shape index (κ3) is 3.61. The number of benzene rings is 1. The molecule has 0 aliphatic rings. The number of tetrazole rings is 1. The average Bonchev–Trinajstić information content (AvgIpc) is 3.24. The van der Waals surface area contributed by atoms with Gasteiger partial charge in [0.25, 0.3) is 5.91 Å². The number of aromatic amines is 1. The number of hydrogen-bond donors (Lipinski definition) is 3.